The minimum atomic E-state index is -1.17. The molecule has 7 nitrogen and oxygen atoms in total. The van der Waals surface area contributed by atoms with E-state index in [4.69, 9.17) is 9.25 Å². The second-order valence-corrected chi connectivity index (χ2v) is 9.09. The van der Waals surface area contributed by atoms with Gasteiger partial charge in [-0.2, -0.15) is 4.84 Å². The van der Waals surface area contributed by atoms with Crippen molar-refractivity contribution in [3.05, 3.63) is 101 Å². The lowest BCUT2D eigenvalue weighted by Gasteiger charge is -2.40. The first-order valence-corrected chi connectivity index (χ1v) is 12.7. The Morgan fingerprint density at radius 2 is 1.89 bits per heavy atom. The summed E-state index contributed by atoms with van der Waals surface area (Å²) in [6.07, 6.45) is 9.70. The number of fused-ring (bicyclic) bond motifs is 1. The maximum atomic E-state index is 13.6. The van der Waals surface area contributed by atoms with Gasteiger partial charge in [-0.05, 0) is 31.0 Å². The molecular weight excluding hydrogens is 468 g/mol. The number of hydrogen-bond donors (Lipinski definition) is 1. The second kappa shape index (κ2) is 12.0. The molecule has 2 atom stereocenters. The molecule has 7 heteroatoms. The fourth-order valence-electron chi connectivity index (χ4n) is 4.70. The Balaban J connectivity index is 1.60. The van der Waals surface area contributed by atoms with E-state index in [-0.39, 0.29) is 13.2 Å². The highest BCUT2D eigenvalue weighted by atomic mass is 16.7. The molecule has 3 aromatic rings. The highest BCUT2D eigenvalue weighted by molar-refractivity contribution is 5.85. The van der Waals surface area contributed by atoms with Gasteiger partial charge in [0.05, 0.1) is 5.69 Å². The number of nitrogens with zero attached hydrogens (tertiary/aromatic N) is 2. The number of carbonyl (C=O) groups excluding carboxylic acids is 1. The lowest BCUT2D eigenvalue weighted by molar-refractivity contribution is -1.06. The zero-order chi connectivity index (χ0) is 26.3. The second-order valence-electron chi connectivity index (χ2n) is 9.09. The van der Waals surface area contributed by atoms with Crippen LogP contribution in [0.15, 0.2) is 83.3 Å². The molecule has 2 aromatic carbocycles. The number of quaternary nitrogens is 1. The molecule has 1 amide bonds. The van der Waals surface area contributed by atoms with E-state index in [0.717, 1.165) is 24.0 Å². The van der Waals surface area contributed by atoms with E-state index in [1.807, 2.05) is 61.5 Å². The standard InChI is InChI=1S/C30H32N2O5/c1-3-4-5-6-10-17-27(33)32(20-18-23-13-11-12-16-25(23)28(32)30(34)35)36-21-19-26-22(2)37-29(31-26)24-14-8-7-9-15-24/h5-17,28H,3-4,18-21H2,1-2H3/p+1. The monoisotopic (exact) mass is 501 g/mol. The number of benzene rings is 2. The van der Waals surface area contributed by atoms with Crippen molar-refractivity contribution in [3.8, 4) is 11.5 Å². The number of unbranched alkanes of at least 4 members (excludes halogenated alkanes) is 1. The van der Waals surface area contributed by atoms with Crippen LogP contribution in [-0.2, 0) is 27.3 Å². The summed E-state index contributed by atoms with van der Waals surface area (Å²) in [5.74, 6) is -0.311. The number of aromatic nitrogens is 1. The number of hydroxylamine groups is 3. The van der Waals surface area contributed by atoms with Gasteiger partial charge in [0.25, 0.3) is 0 Å². The molecule has 0 radical (unpaired) electrons. The Bertz CT molecular complexity index is 1290. The maximum Gasteiger partial charge on any atom is 0.371 e. The first-order valence-electron chi connectivity index (χ1n) is 12.7. The van der Waals surface area contributed by atoms with Crippen LogP contribution in [0.1, 0.15) is 48.4 Å². The van der Waals surface area contributed by atoms with Gasteiger partial charge in [-0.25, -0.2) is 14.6 Å². The molecule has 0 spiro atoms. The largest absolute Gasteiger partial charge is 0.476 e. The molecule has 0 saturated carbocycles. The van der Waals surface area contributed by atoms with Crippen LogP contribution < -0.4 is 0 Å². The molecule has 4 rings (SSSR count). The lowest BCUT2D eigenvalue weighted by Crippen LogP contribution is -2.59. The number of carboxylic acid groups (broad SMARTS) is 1. The summed E-state index contributed by atoms with van der Waals surface area (Å²) in [6.45, 7) is 4.25. The predicted octanol–water partition coefficient (Wildman–Crippen LogP) is 5.76. The van der Waals surface area contributed by atoms with Crippen molar-refractivity contribution in [2.45, 2.75) is 45.6 Å². The van der Waals surface area contributed by atoms with Crippen LogP contribution in [0.25, 0.3) is 11.5 Å². The SMILES string of the molecule is CCCC=CC=CC(=O)[N+]1(OCCc2nc(-c3ccccc3)oc2C)CCc2ccccc2C1C(=O)O. The molecule has 2 heterocycles. The van der Waals surface area contributed by atoms with Crippen LogP contribution in [0.2, 0.25) is 0 Å². The molecule has 1 aliphatic rings. The highest BCUT2D eigenvalue weighted by Crippen LogP contribution is 2.38. The van der Waals surface area contributed by atoms with Gasteiger partial charge in [-0.15, -0.1) is 0 Å². The number of aliphatic carboxylic acids is 1. The van der Waals surface area contributed by atoms with E-state index < -0.39 is 22.6 Å². The van der Waals surface area contributed by atoms with Gasteiger partial charge < -0.3 is 9.52 Å². The third kappa shape index (κ3) is 5.79. The van der Waals surface area contributed by atoms with Crippen LogP contribution in [-0.4, -0.2) is 39.8 Å². The molecule has 0 fully saturated rings. The normalized spacial score (nSPS) is 19.4. The number of hydrogen-bond acceptors (Lipinski definition) is 5. The molecule has 37 heavy (non-hydrogen) atoms. The van der Waals surface area contributed by atoms with Crippen molar-refractivity contribution < 1.29 is 28.6 Å². The van der Waals surface area contributed by atoms with Crippen LogP contribution in [0.3, 0.4) is 0 Å². The Morgan fingerprint density at radius 1 is 1.14 bits per heavy atom. The minimum Gasteiger partial charge on any atom is -0.476 e. The number of allylic oxidation sites excluding steroid dienone is 3. The van der Waals surface area contributed by atoms with Crippen molar-refractivity contribution in [1.82, 2.24) is 4.98 Å². The number of oxazole rings is 1. The van der Waals surface area contributed by atoms with Gasteiger partial charge in [0.15, 0.2) is 0 Å². The summed E-state index contributed by atoms with van der Waals surface area (Å²) >= 11 is 0. The summed E-state index contributed by atoms with van der Waals surface area (Å²) < 4.78 is 5.22. The third-order valence-electron chi connectivity index (χ3n) is 6.60. The van der Waals surface area contributed by atoms with Gasteiger partial charge in [0.2, 0.25) is 11.9 Å². The zero-order valence-corrected chi connectivity index (χ0v) is 21.3. The fourth-order valence-corrected chi connectivity index (χ4v) is 4.70. The average Bonchev–Trinajstić information content (AvgIpc) is 3.28. The van der Waals surface area contributed by atoms with Gasteiger partial charge in [-0.3, -0.25) is 0 Å². The van der Waals surface area contributed by atoms with Crippen molar-refractivity contribution in [2.75, 3.05) is 13.2 Å². The molecule has 192 valence electrons. The Kier molecular flexibility index (Phi) is 8.48. The van der Waals surface area contributed by atoms with Crippen molar-refractivity contribution in [1.29, 1.82) is 0 Å². The molecule has 1 N–H and O–H groups in total. The van der Waals surface area contributed by atoms with E-state index >= 15 is 0 Å². The Morgan fingerprint density at radius 3 is 2.65 bits per heavy atom. The van der Waals surface area contributed by atoms with E-state index in [9.17, 15) is 14.7 Å². The summed E-state index contributed by atoms with van der Waals surface area (Å²) in [6, 6.07) is 15.8. The Hall–Kier alpha value is -3.81. The van der Waals surface area contributed by atoms with Gasteiger partial charge in [0, 0.05) is 30.0 Å². The van der Waals surface area contributed by atoms with E-state index in [1.54, 1.807) is 18.2 Å². The van der Waals surface area contributed by atoms with Gasteiger partial charge >= 0.3 is 11.9 Å². The average molecular weight is 502 g/mol. The predicted molar refractivity (Wildman–Crippen MR) is 140 cm³/mol. The molecule has 0 aliphatic carbocycles. The number of carboxylic acids is 1. The molecule has 1 aliphatic heterocycles. The quantitative estimate of drug-likeness (QED) is 0.216. The van der Waals surface area contributed by atoms with Crippen molar-refractivity contribution >= 4 is 11.9 Å². The van der Waals surface area contributed by atoms with Crippen LogP contribution in [0.5, 0.6) is 0 Å². The number of aryl methyl sites for hydroxylation is 1. The van der Waals surface area contributed by atoms with Crippen molar-refractivity contribution in [3.63, 3.8) is 0 Å². The van der Waals surface area contributed by atoms with Gasteiger partial charge in [-0.1, -0.05) is 78.7 Å². The number of carbonyl (C=O) groups is 2. The summed E-state index contributed by atoms with van der Waals surface area (Å²) in [7, 11) is 0. The molecule has 1 aromatic heterocycles. The van der Waals surface area contributed by atoms with Crippen LogP contribution >= 0.6 is 0 Å². The first kappa shape index (κ1) is 26.3. The molecular formula is C30H33N2O5+. The fraction of sp³-hybridized carbons (Fsp3) is 0.300. The van der Waals surface area contributed by atoms with Crippen LogP contribution in [0.4, 0.5) is 0 Å². The molecule has 0 bridgehead atoms. The van der Waals surface area contributed by atoms with Crippen molar-refractivity contribution in [2.24, 2.45) is 0 Å². The summed E-state index contributed by atoms with van der Waals surface area (Å²) in [5.41, 5.74) is 3.11. The van der Waals surface area contributed by atoms with E-state index in [0.29, 0.717) is 35.7 Å². The summed E-state index contributed by atoms with van der Waals surface area (Å²) in [4.78, 5) is 37.1. The Labute approximate surface area is 217 Å². The zero-order valence-electron chi connectivity index (χ0n) is 21.3. The minimum absolute atomic E-state index is 0.110. The third-order valence-corrected chi connectivity index (χ3v) is 6.60. The van der Waals surface area contributed by atoms with E-state index in [2.05, 4.69) is 11.9 Å². The first-order chi connectivity index (χ1) is 18.0. The number of amides is 1. The maximum absolute atomic E-state index is 13.6. The topological polar surface area (TPSA) is 89.6 Å². The lowest BCUT2D eigenvalue weighted by atomic mass is 9.91. The van der Waals surface area contributed by atoms with E-state index in [1.165, 1.54) is 6.08 Å². The van der Waals surface area contributed by atoms with Gasteiger partial charge in [0.1, 0.15) is 18.9 Å². The molecule has 2 unspecified atom stereocenters. The molecule has 0 saturated heterocycles. The highest BCUT2D eigenvalue weighted by Gasteiger charge is 2.54. The smallest absolute Gasteiger partial charge is 0.371 e. The number of rotatable bonds is 10. The van der Waals surface area contributed by atoms with Crippen LogP contribution in [0, 0.1) is 6.92 Å². The summed E-state index contributed by atoms with van der Waals surface area (Å²) in [5, 5.41) is 10.3.